The molecule has 1 aromatic heterocycles. The van der Waals surface area contributed by atoms with Crippen LogP contribution in [0.25, 0.3) is 5.69 Å². The fraction of sp³-hybridized carbons (Fsp3) is 0.158. The quantitative estimate of drug-likeness (QED) is 0.381. The summed E-state index contributed by atoms with van der Waals surface area (Å²) < 4.78 is 11.9. The Bertz CT molecular complexity index is 1010. The number of benzene rings is 2. The van der Waals surface area contributed by atoms with Gasteiger partial charge in [0.1, 0.15) is 5.69 Å². The summed E-state index contributed by atoms with van der Waals surface area (Å²) in [5.74, 6) is 1.33. The molecule has 9 nitrogen and oxygen atoms in total. The highest BCUT2D eigenvalue weighted by molar-refractivity contribution is 5.81. The highest BCUT2D eigenvalue weighted by Crippen LogP contribution is 2.31. The molecule has 1 heterocycles. The van der Waals surface area contributed by atoms with Crippen LogP contribution in [-0.4, -0.2) is 35.1 Å². The van der Waals surface area contributed by atoms with E-state index in [0.717, 1.165) is 5.56 Å². The summed E-state index contributed by atoms with van der Waals surface area (Å²) in [7, 11) is 3.10. The van der Waals surface area contributed by atoms with E-state index >= 15 is 0 Å². The van der Waals surface area contributed by atoms with E-state index in [4.69, 9.17) is 9.47 Å². The van der Waals surface area contributed by atoms with Gasteiger partial charge in [0.25, 0.3) is 0 Å². The number of nitro groups is 1. The highest BCUT2D eigenvalue weighted by Gasteiger charge is 2.26. The standard InChI is InChI=1S/C19H19N5O4/c1-13-18(24(25)26)19(23(22-13)15-7-5-4-6-8-15)21-20-12-14-9-10-16(27-2)17(11-14)28-3/h4-12,21H,1-3H3/b20-12-. The first-order valence-electron chi connectivity index (χ1n) is 8.35. The Kier molecular flexibility index (Phi) is 5.54. The van der Waals surface area contributed by atoms with Crippen molar-refractivity contribution in [1.82, 2.24) is 9.78 Å². The predicted octanol–water partition coefficient (Wildman–Crippen LogP) is 3.55. The molecule has 0 aliphatic heterocycles. The van der Waals surface area contributed by atoms with Crippen LogP contribution in [0.15, 0.2) is 53.6 Å². The van der Waals surface area contributed by atoms with Crippen molar-refractivity contribution < 1.29 is 14.4 Å². The van der Waals surface area contributed by atoms with Crippen molar-refractivity contribution in [2.24, 2.45) is 5.10 Å². The topological polar surface area (TPSA) is 104 Å². The van der Waals surface area contributed by atoms with Crippen molar-refractivity contribution in [2.45, 2.75) is 6.92 Å². The van der Waals surface area contributed by atoms with Gasteiger partial charge in [0.05, 0.1) is 31.0 Å². The van der Waals surface area contributed by atoms with Gasteiger partial charge in [-0.2, -0.15) is 10.2 Å². The average Bonchev–Trinajstić information content (AvgIpc) is 3.04. The summed E-state index contributed by atoms with van der Waals surface area (Å²) in [6.07, 6.45) is 1.53. The van der Waals surface area contributed by atoms with Gasteiger partial charge in [-0.15, -0.1) is 0 Å². The lowest BCUT2D eigenvalue weighted by molar-refractivity contribution is -0.384. The second kappa shape index (κ2) is 8.21. The van der Waals surface area contributed by atoms with Crippen LogP contribution in [0.3, 0.4) is 0 Å². The third kappa shape index (κ3) is 3.78. The molecule has 2 aromatic carbocycles. The number of para-hydroxylation sites is 1. The van der Waals surface area contributed by atoms with Gasteiger partial charge in [-0.25, -0.2) is 4.68 Å². The minimum Gasteiger partial charge on any atom is -0.493 e. The number of hydrogen-bond acceptors (Lipinski definition) is 7. The molecule has 0 atom stereocenters. The molecule has 0 fully saturated rings. The molecular formula is C19H19N5O4. The van der Waals surface area contributed by atoms with Crippen molar-refractivity contribution in [2.75, 3.05) is 19.6 Å². The van der Waals surface area contributed by atoms with Gasteiger partial charge in [0, 0.05) is 0 Å². The molecule has 1 N–H and O–H groups in total. The first-order valence-corrected chi connectivity index (χ1v) is 8.35. The van der Waals surface area contributed by atoms with E-state index in [2.05, 4.69) is 15.6 Å². The molecule has 28 heavy (non-hydrogen) atoms. The number of ether oxygens (including phenoxy) is 2. The molecule has 3 aromatic rings. The largest absolute Gasteiger partial charge is 0.493 e. The molecule has 3 rings (SSSR count). The number of aryl methyl sites for hydroxylation is 1. The molecule has 0 amide bonds. The van der Waals surface area contributed by atoms with Crippen LogP contribution in [0.1, 0.15) is 11.3 Å². The van der Waals surface area contributed by atoms with Crippen LogP contribution in [-0.2, 0) is 0 Å². The second-order valence-corrected chi connectivity index (χ2v) is 5.77. The Hall–Kier alpha value is -3.88. The van der Waals surface area contributed by atoms with Crippen LogP contribution in [0.2, 0.25) is 0 Å². The van der Waals surface area contributed by atoms with E-state index in [0.29, 0.717) is 17.2 Å². The zero-order valence-electron chi connectivity index (χ0n) is 15.6. The lowest BCUT2D eigenvalue weighted by Gasteiger charge is -2.08. The number of aromatic nitrogens is 2. The van der Waals surface area contributed by atoms with Crippen molar-refractivity contribution in [3.05, 3.63) is 69.9 Å². The van der Waals surface area contributed by atoms with E-state index in [1.807, 2.05) is 18.2 Å². The Morgan fingerprint density at radius 3 is 2.50 bits per heavy atom. The van der Waals surface area contributed by atoms with Gasteiger partial charge >= 0.3 is 5.69 Å². The summed E-state index contributed by atoms with van der Waals surface area (Å²) >= 11 is 0. The maximum Gasteiger partial charge on any atom is 0.335 e. The lowest BCUT2D eigenvalue weighted by Crippen LogP contribution is -2.04. The first-order chi connectivity index (χ1) is 13.5. The molecule has 0 saturated carbocycles. The summed E-state index contributed by atoms with van der Waals surface area (Å²) in [5.41, 5.74) is 4.33. The van der Waals surface area contributed by atoms with Crippen molar-refractivity contribution in [3.8, 4) is 17.2 Å². The molecule has 0 bridgehead atoms. The van der Waals surface area contributed by atoms with Crippen molar-refractivity contribution in [3.63, 3.8) is 0 Å². The number of hydrazone groups is 1. The van der Waals surface area contributed by atoms with E-state index in [1.54, 1.807) is 51.5 Å². The third-order valence-corrected chi connectivity index (χ3v) is 4.00. The van der Waals surface area contributed by atoms with Crippen LogP contribution in [0.4, 0.5) is 11.5 Å². The van der Waals surface area contributed by atoms with Crippen LogP contribution < -0.4 is 14.9 Å². The number of anilines is 1. The molecule has 0 aliphatic rings. The summed E-state index contributed by atoms with van der Waals surface area (Å²) in [6, 6.07) is 14.4. The van der Waals surface area contributed by atoms with Gasteiger partial charge in [-0.1, -0.05) is 18.2 Å². The molecule has 0 spiro atoms. The van der Waals surface area contributed by atoms with Gasteiger partial charge in [-0.3, -0.25) is 15.5 Å². The maximum absolute atomic E-state index is 11.5. The van der Waals surface area contributed by atoms with E-state index in [1.165, 1.54) is 10.9 Å². The molecule has 0 aliphatic carbocycles. The SMILES string of the molecule is COc1ccc(/C=N\Nc2c([N+](=O)[O-])c(C)nn2-c2ccccc2)cc1OC. The average molecular weight is 381 g/mol. The number of nitrogens with one attached hydrogen (secondary N) is 1. The molecule has 0 saturated heterocycles. The van der Waals surface area contributed by atoms with Crippen LogP contribution in [0.5, 0.6) is 11.5 Å². The number of methoxy groups -OCH3 is 2. The minimum absolute atomic E-state index is 0.131. The van der Waals surface area contributed by atoms with E-state index < -0.39 is 4.92 Å². The molecule has 144 valence electrons. The monoisotopic (exact) mass is 381 g/mol. The van der Waals surface area contributed by atoms with Gasteiger partial charge in [0.2, 0.25) is 5.82 Å². The minimum atomic E-state index is -0.476. The summed E-state index contributed by atoms with van der Waals surface area (Å²) in [4.78, 5) is 11.0. The summed E-state index contributed by atoms with van der Waals surface area (Å²) in [5, 5.41) is 19.9. The van der Waals surface area contributed by atoms with Gasteiger partial charge in [0.15, 0.2) is 11.5 Å². The van der Waals surface area contributed by atoms with E-state index in [-0.39, 0.29) is 17.2 Å². The van der Waals surface area contributed by atoms with E-state index in [9.17, 15) is 10.1 Å². The normalized spacial score (nSPS) is 10.8. The van der Waals surface area contributed by atoms with Gasteiger partial charge in [-0.05, 0) is 42.8 Å². The Balaban J connectivity index is 1.94. The zero-order chi connectivity index (χ0) is 20.1. The molecule has 0 unspecified atom stereocenters. The molecule has 9 heteroatoms. The number of rotatable bonds is 7. The maximum atomic E-state index is 11.5. The third-order valence-electron chi connectivity index (χ3n) is 4.00. The molecular weight excluding hydrogens is 362 g/mol. The van der Waals surface area contributed by atoms with Crippen molar-refractivity contribution >= 4 is 17.7 Å². The Morgan fingerprint density at radius 2 is 1.86 bits per heavy atom. The predicted molar refractivity (Wildman–Crippen MR) is 106 cm³/mol. The molecule has 0 radical (unpaired) electrons. The number of hydrogen-bond donors (Lipinski definition) is 1. The van der Waals surface area contributed by atoms with Crippen LogP contribution in [0, 0.1) is 17.0 Å². The van der Waals surface area contributed by atoms with Gasteiger partial charge < -0.3 is 9.47 Å². The fourth-order valence-corrected chi connectivity index (χ4v) is 2.70. The fourth-order valence-electron chi connectivity index (χ4n) is 2.70. The Labute approximate surface area is 161 Å². The smallest absolute Gasteiger partial charge is 0.335 e. The highest BCUT2D eigenvalue weighted by atomic mass is 16.6. The number of nitrogens with zero attached hydrogens (tertiary/aromatic N) is 4. The summed E-state index contributed by atoms with van der Waals surface area (Å²) in [6.45, 7) is 1.58. The Morgan fingerprint density at radius 1 is 1.14 bits per heavy atom. The second-order valence-electron chi connectivity index (χ2n) is 5.77. The first kappa shape index (κ1) is 18.9. The lowest BCUT2D eigenvalue weighted by atomic mass is 10.2. The van der Waals surface area contributed by atoms with Crippen LogP contribution >= 0.6 is 0 Å². The zero-order valence-corrected chi connectivity index (χ0v) is 15.6. The van der Waals surface area contributed by atoms with Crippen molar-refractivity contribution in [1.29, 1.82) is 0 Å².